The molecular weight excluding hydrogens is 404 g/mol. The molecule has 4 aromatic rings. The number of fused-ring (bicyclic) bond motifs is 1. The highest BCUT2D eigenvalue weighted by Crippen LogP contribution is 2.24. The third-order valence-corrected chi connectivity index (χ3v) is 5.57. The van der Waals surface area contributed by atoms with Gasteiger partial charge in [-0.3, -0.25) is 9.48 Å². The molecule has 1 heterocycles. The number of nitrogens with zero attached hydrogens (tertiary/aromatic N) is 2. The molecule has 2 N–H and O–H groups in total. The van der Waals surface area contributed by atoms with E-state index in [9.17, 15) is 4.79 Å². The first-order valence-electron chi connectivity index (χ1n) is 10.1. The van der Waals surface area contributed by atoms with Crippen LogP contribution in [0, 0.1) is 13.8 Å². The number of benzene rings is 3. The minimum absolute atomic E-state index is 0.0390. The Balaban J connectivity index is 1.51. The summed E-state index contributed by atoms with van der Waals surface area (Å²) in [5.41, 5.74) is 5.52. The van der Waals surface area contributed by atoms with Gasteiger partial charge in [0, 0.05) is 11.3 Å². The average molecular weight is 429 g/mol. The van der Waals surface area contributed by atoms with Crippen LogP contribution >= 0.6 is 12.2 Å². The highest BCUT2D eigenvalue weighted by Gasteiger charge is 2.14. The topological polar surface area (TPSA) is 59.0 Å². The van der Waals surface area contributed by atoms with E-state index in [0.29, 0.717) is 17.2 Å². The maximum Gasteiger partial charge on any atom is 0.175 e. The van der Waals surface area contributed by atoms with Gasteiger partial charge in [0.15, 0.2) is 10.9 Å². The Morgan fingerprint density at radius 1 is 0.968 bits per heavy atom. The van der Waals surface area contributed by atoms with Crippen molar-refractivity contribution < 1.29 is 4.79 Å². The van der Waals surface area contributed by atoms with Gasteiger partial charge >= 0.3 is 0 Å². The minimum atomic E-state index is 0.0390. The Kier molecular flexibility index (Phi) is 5.82. The molecule has 0 aliphatic carbocycles. The first kappa shape index (κ1) is 20.8. The average Bonchev–Trinajstić information content (AvgIpc) is 3.01. The Morgan fingerprint density at radius 3 is 2.42 bits per heavy atom. The van der Waals surface area contributed by atoms with Crippen LogP contribution in [0.2, 0.25) is 0 Å². The molecule has 0 aliphatic rings. The summed E-state index contributed by atoms with van der Waals surface area (Å²) < 4.78 is 2.00. The third kappa shape index (κ3) is 4.49. The summed E-state index contributed by atoms with van der Waals surface area (Å²) in [5, 5.41) is 14.1. The summed E-state index contributed by atoms with van der Waals surface area (Å²) in [4.78, 5) is 11.4. The van der Waals surface area contributed by atoms with Crippen molar-refractivity contribution in [2.75, 3.05) is 10.6 Å². The number of ketones is 1. The van der Waals surface area contributed by atoms with Crippen LogP contribution in [0.25, 0.3) is 10.8 Å². The van der Waals surface area contributed by atoms with Gasteiger partial charge in [0.2, 0.25) is 0 Å². The molecule has 0 aliphatic heterocycles. The van der Waals surface area contributed by atoms with Gasteiger partial charge < -0.3 is 10.6 Å². The van der Waals surface area contributed by atoms with E-state index in [1.165, 1.54) is 16.3 Å². The van der Waals surface area contributed by atoms with E-state index >= 15 is 0 Å². The summed E-state index contributed by atoms with van der Waals surface area (Å²) in [6.45, 7) is 6.25. The van der Waals surface area contributed by atoms with E-state index in [1.54, 1.807) is 19.1 Å². The molecule has 0 fully saturated rings. The van der Waals surface area contributed by atoms with Gasteiger partial charge in [-0.2, -0.15) is 5.10 Å². The van der Waals surface area contributed by atoms with E-state index in [-0.39, 0.29) is 5.78 Å². The Bertz CT molecular complexity index is 1270. The van der Waals surface area contributed by atoms with Crippen molar-refractivity contribution in [3.8, 4) is 0 Å². The highest BCUT2D eigenvalue weighted by molar-refractivity contribution is 7.80. The molecule has 0 saturated heterocycles. The quantitative estimate of drug-likeness (QED) is 0.315. The van der Waals surface area contributed by atoms with Crippen molar-refractivity contribution in [2.24, 2.45) is 0 Å². The Morgan fingerprint density at radius 2 is 1.68 bits per heavy atom. The molecule has 0 bridgehead atoms. The SMILES string of the molecule is CC(=O)c1ccc(NC(=S)Nc2c(C)nn(Cc3cccc4ccccc34)c2C)cc1. The molecule has 3 aromatic carbocycles. The van der Waals surface area contributed by atoms with Gasteiger partial charge in [-0.15, -0.1) is 0 Å². The van der Waals surface area contributed by atoms with Crippen molar-refractivity contribution in [1.82, 2.24) is 9.78 Å². The molecule has 5 nitrogen and oxygen atoms in total. The number of carbonyl (C=O) groups is 1. The van der Waals surface area contributed by atoms with Crippen LogP contribution in [0.5, 0.6) is 0 Å². The van der Waals surface area contributed by atoms with Gasteiger partial charge in [-0.05, 0) is 73.6 Å². The fourth-order valence-corrected chi connectivity index (χ4v) is 3.91. The van der Waals surface area contributed by atoms with Gasteiger partial charge in [-0.25, -0.2) is 0 Å². The first-order valence-corrected chi connectivity index (χ1v) is 10.5. The largest absolute Gasteiger partial charge is 0.332 e. The second-order valence-electron chi connectivity index (χ2n) is 7.55. The molecule has 6 heteroatoms. The molecule has 0 radical (unpaired) electrons. The highest BCUT2D eigenvalue weighted by atomic mass is 32.1. The molecule has 0 unspecified atom stereocenters. The summed E-state index contributed by atoms with van der Waals surface area (Å²) >= 11 is 5.50. The van der Waals surface area contributed by atoms with Crippen molar-refractivity contribution in [2.45, 2.75) is 27.3 Å². The Labute approximate surface area is 187 Å². The monoisotopic (exact) mass is 428 g/mol. The summed E-state index contributed by atoms with van der Waals surface area (Å²) in [7, 11) is 0. The zero-order valence-electron chi connectivity index (χ0n) is 17.8. The molecule has 0 spiro atoms. The van der Waals surface area contributed by atoms with Crippen LogP contribution < -0.4 is 10.6 Å². The zero-order valence-corrected chi connectivity index (χ0v) is 18.6. The van der Waals surface area contributed by atoms with E-state index in [1.807, 2.05) is 30.7 Å². The molecule has 4 rings (SSSR count). The lowest BCUT2D eigenvalue weighted by molar-refractivity contribution is 0.101. The number of nitrogens with one attached hydrogen (secondary N) is 2. The smallest absolute Gasteiger partial charge is 0.175 e. The molecule has 0 atom stereocenters. The van der Waals surface area contributed by atoms with E-state index < -0.39 is 0 Å². The predicted molar refractivity (Wildman–Crippen MR) is 131 cm³/mol. The zero-order chi connectivity index (χ0) is 22.0. The number of rotatable bonds is 5. The van der Waals surface area contributed by atoms with E-state index in [2.05, 4.69) is 53.1 Å². The number of carbonyl (C=O) groups excluding carboxylic acids is 1. The van der Waals surface area contributed by atoms with Crippen LogP contribution in [-0.4, -0.2) is 20.7 Å². The lowest BCUT2D eigenvalue weighted by Gasteiger charge is -2.12. The van der Waals surface area contributed by atoms with E-state index in [4.69, 9.17) is 17.3 Å². The number of thiocarbonyl (C=S) groups is 1. The summed E-state index contributed by atoms with van der Waals surface area (Å²) in [6.07, 6.45) is 0. The fourth-order valence-electron chi connectivity index (χ4n) is 3.69. The van der Waals surface area contributed by atoms with Crippen molar-refractivity contribution in [3.05, 3.63) is 89.2 Å². The Hall–Kier alpha value is -3.51. The van der Waals surface area contributed by atoms with Crippen molar-refractivity contribution in [1.29, 1.82) is 0 Å². The second-order valence-corrected chi connectivity index (χ2v) is 7.96. The molecule has 156 valence electrons. The first-order chi connectivity index (χ1) is 14.9. The van der Waals surface area contributed by atoms with Gasteiger partial charge in [0.05, 0.1) is 23.6 Å². The number of aromatic nitrogens is 2. The van der Waals surface area contributed by atoms with Gasteiger partial charge in [0.1, 0.15) is 0 Å². The number of aryl methyl sites for hydroxylation is 1. The fraction of sp³-hybridized carbons (Fsp3) is 0.160. The number of hydrogen-bond acceptors (Lipinski definition) is 3. The van der Waals surface area contributed by atoms with Crippen molar-refractivity contribution in [3.63, 3.8) is 0 Å². The standard InChI is InChI=1S/C25H24N4OS/c1-16-24(27-25(31)26-22-13-11-19(12-14-22)18(3)30)17(2)29(28-16)15-21-9-6-8-20-7-4-5-10-23(20)21/h4-14H,15H2,1-3H3,(H2,26,27,31). The van der Waals surface area contributed by atoms with Crippen LogP contribution in [-0.2, 0) is 6.54 Å². The molecule has 0 amide bonds. The maximum absolute atomic E-state index is 11.4. The summed E-state index contributed by atoms with van der Waals surface area (Å²) in [5.74, 6) is 0.0390. The van der Waals surface area contributed by atoms with E-state index in [0.717, 1.165) is 22.8 Å². The lowest BCUT2D eigenvalue weighted by Crippen LogP contribution is -2.20. The third-order valence-electron chi connectivity index (χ3n) is 5.37. The minimum Gasteiger partial charge on any atom is -0.332 e. The second kappa shape index (κ2) is 8.70. The number of Topliss-reactive ketones (excluding diaryl/α,β-unsaturated/α-hetero) is 1. The molecule has 1 aromatic heterocycles. The van der Waals surface area contributed by atoms with Crippen molar-refractivity contribution >= 4 is 45.3 Å². The molecular formula is C25H24N4OS. The predicted octanol–water partition coefficient (Wildman–Crippen LogP) is 5.71. The lowest BCUT2D eigenvalue weighted by atomic mass is 10.0. The molecule has 31 heavy (non-hydrogen) atoms. The van der Waals surface area contributed by atoms with Crippen LogP contribution in [0.3, 0.4) is 0 Å². The maximum atomic E-state index is 11.4. The molecule has 0 saturated carbocycles. The summed E-state index contributed by atoms with van der Waals surface area (Å²) in [6, 6.07) is 22.0. The van der Waals surface area contributed by atoms with Gasteiger partial charge in [0.25, 0.3) is 0 Å². The number of anilines is 2. The van der Waals surface area contributed by atoms with Gasteiger partial charge in [-0.1, -0.05) is 42.5 Å². The van der Waals surface area contributed by atoms with Crippen LogP contribution in [0.1, 0.15) is 34.2 Å². The van der Waals surface area contributed by atoms with Crippen LogP contribution in [0.15, 0.2) is 66.7 Å². The normalized spacial score (nSPS) is 10.8. The van der Waals surface area contributed by atoms with Crippen LogP contribution in [0.4, 0.5) is 11.4 Å². The number of hydrogen-bond donors (Lipinski definition) is 2.